The van der Waals surface area contributed by atoms with Gasteiger partial charge in [0.2, 0.25) is 0 Å². The van der Waals surface area contributed by atoms with Gasteiger partial charge in [-0.1, -0.05) is 6.08 Å². The molecule has 0 spiro atoms. The van der Waals surface area contributed by atoms with Crippen molar-refractivity contribution in [2.24, 2.45) is 5.73 Å². The Morgan fingerprint density at radius 3 is 3.11 bits per heavy atom. The van der Waals surface area contributed by atoms with Gasteiger partial charge in [-0.3, -0.25) is 0 Å². The van der Waals surface area contributed by atoms with E-state index in [1.165, 1.54) is 5.57 Å². The van der Waals surface area contributed by atoms with Gasteiger partial charge in [-0.25, -0.2) is 0 Å². The fourth-order valence-electron chi connectivity index (χ4n) is 0.758. The van der Waals surface area contributed by atoms with Gasteiger partial charge in [-0.2, -0.15) is 0 Å². The fourth-order valence-corrected chi connectivity index (χ4v) is 0.758. The summed E-state index contributed by atoms with van der Waals surface area (Å²) in [6.07, 6.45) is 6.73. The molecule has 2 nitrogen and oxygen atoms in total. The lowest BCUT2D eigenvalue weighted by molar-refractivity contribution is 0.281. The zero-order valence-electron chi connectivity index (χ0n) is 5.34. The van der Waals surface area contributed by atoms with Crippen LogP contribution in [0.2, 0.25) is 0 Å². The minimum Gasteiger partial charge on any atom is -0.497 e. The van der Waals surface area contributed by atoms with Crippen LogP contribution in [0.15, 0.2) is 24.0 Å². The maximum Gasteiger partial charge on any atom is 0.106 e. The van der Waals surface area contributed by atoms with Crippen LogP contribution in [-0.4, -0.2) is 13.2 Å². The molecule has 0 aromatic carbocycles. The summed E-state index contributed by atoms with van der Waals surface area (Å²) >= 11 is 0. The fraction of sp³-hybridized carbons (Fsp3) is 0.429. The SMILES string of the molecule is NCCC1=COCC=C1. The molecule has 2 N–H and O–H groups in total. The summed E-state index contributed by atoms with van der Waals surface area (Å²) in [4.78, 5) is 0. The van der Waals surface area contributed by atoms with E-state index < -0.39 is 0 Å². The van der Waals surface area contributed by atoms with Crippen LogP contribution in [0.5, 0.6) is 0 Å². The lowest BCUT2D eigenvalue weighted by Crippen LogP contribution is -2.01. The van der Waals surface area contributed by atoms with Gasteiger partial charge < -0.3 is 10.5 Å². The van der Waals surface area contributed by atoms with Crippen LogP contribution in [0, 0.1) is 0 Å². The van der Waals surface area contributed by atoms with Crippen LogP contribution >= 0.6 is 0 Å². The van der Waals surface area contributed by atoms with Crippen LogP contribution in [0.4, 0.5) is 0 Å². The minimum absolute atomic E-state index is 0.694. The lowest BCUT2D eigenvalue weighted by Gasteiger charge is -2.05. The van der Waals surface area contributed by atoms with Gasteiger partial charge in [0.25, 0.3) is 0 Å². The smallest absolute Gasteiger partial charge is 0.106 e. The van der Waals surface area contributed by atoms with Gasteiger partial charge in [0.1, 0.15) is 6.61 Å². The average molecular weight is 125 g/mol. The predicted octanol–water partition coefficient (Wildman–Crippen LogP) is 0.806. The molecule has 0 radical (unpaired) electrons. The van der Waals surface area contributed by atoms with E-state index in [4.69, 9.17) is 10.5 Å². The third kappa shape index (κ3) is 1.90. The average Bonchev–Trinajstić information content (AvgIpc) is 1.91. The van der Waals surface area contributed by atoms with E-state index in [0.717, 1.165) is 6.42 Å². The van der Waals surface area contributed by atoms with Crippen molar-refractivity contribution in [2.45, 2.75) is 6.42 Å². The molecule has 0 aromatic heterocycles. The molecule has 0 aliphatic carbocycles. The number of ether oxygens (including phenoxy) is 1. The Labute approximate surface area is 55.0 Å². The summed E-state index contributed by atoms with van der Waals surface area (Å²) < 4.78 is 5.03. The topological polar surface area (TPSA) is 35.2 Å². The van der Waals surface area contributed by atoms with E-state index in [9.17, 15) is 0 Å². The van der Waals surface area contributed by atoms with E-state index in [2.05, 4.69) is 6.08 Å². The highest BCUT2D eigenvalue weighted by Crippen LogP contribution is 2.06. The van der Waals surface area contributed by atoms with Gasteiger partial charge in [0, 0.05) is 0 Å². The number of rotatable bonds is 2. The lowest BCUT2D eigenvalue weighted by atomic mass is 10.2. The number of hydrogen-bond acceptors (Lipinski definition) is 2. The predicted molar refractivity (Wildman–Crippen MR) is 36.8 cm³/mol. The van der Waals surface area contributed by atoms with Gasteiger partial charge in [-0.05, 0) is 24.6 Å². The molecule has 50 valence electrons. The third-order valence-corrected chi connectivity index (χ3v) is 1.19. The number of nitrogens with two attached hydrogens (primary N) is 1. The summed E-state index contributed by atoms with van der Waals surface area (Å²) in [5, 5.41) is 0. The molecule has 2 heteroatoms. The highest BCUT2D eigenvalue weighted by Gasteiger charge is 1.94. The molecule has 1 aliphatic heterocycles. The molecule has 1 aliphatic rings. The quantitative estimate of drug-likeness (QED) is 0.592. The second-order valence-electron chi connectivity index (χ2n) is 1.97. The molecule has 0 saturated heterocycles. The second-order valence-corrected chi connectivity index (χ2v) is 1.97. The molecular formula is C7H11NO. The summed E-state index contributed by atoms with van der Waals surface area (Å²) in [7, 11) is 0. The minimum atomic E-state index is 0.694. The first kappa shape index (κ1) is 6.36. The molecule has 1 heterocycles. The summed E-state index contributed by atoms with van der Waals surface area (Å²) in [6.45, 7) is 1.40. The summed E-state index contributed by atoms with van der Waals surface area (Å²) in [6, 6.07) is 0. The monoisotopic (exact) mass is 125 g/mol. The zero-order valence-corrected chi connectivity index (χ0v) is 5.34. The van der Waals surface area contributed by atoms with Crippen molar-refractivity contribution in [3.8, 4) is 0 Å². The first-order chi connectivity index (χ1) is 4.43. The van der Waals surface area contributed by atoms with Crippen molar-refractivity contribution in [3.63, 3.8) is 0 Å². The third-order valence-electron chi connectivity index (χ3n) is 1.19. The van der Waals surface area contributed by atoms with Crippen molar-refractivity contribution in [1.82, 2.24) is 0 Å². The highest BCUT2D eigenvalue weighted by atomic mass is 16.5. The molecule has 0 unspecified atom stereocenters. The van der Waals surface area contributed by atoms with E-state index in [-0.39, 0.29) is 0 Å². The van der Waals surface area contributed by atoms with Crippen LogP contribution in [0.3, 0.4) is 0 Å². The van der Waals surface area contributed by atoms with E-state index in [0.29, 0.717) is 13.2 Å². The Kier molecular flexibility index (Phi) is 2.33. The summed E-state index contributed by atoms with van der Waals surface area (Å²) in [5.41, 5.74) is 6.51. The first-order valence-corrected chi connectivity index (χ1v) is 3.11. The Bertz CT molecular complexity index is 138. The Hall–Kier alpha value is -0.760. The summed E-state index contributed by atoms with van der Waals surface area (Å²) in [5.74, 6) is 0. The second kappa shape index (κ2) is 3.30. The molecular weight excluding hydrogens is 114 g/mol. The van der Waals surface area contributed by atoms with Gasteiger partial charge in [0.05, 0.1) is 6.26 Å². The largest absolute Gasteiger partial charge is 0.497 e. The molecule has 0 bridgehead atoms. The molecule has 9 heavy (non-hydrogen) atoms. The molecule has 1 rings (SSSR count). The maximum absolute atomic E-state index is 5.33. The normalized spacial score (nSPS) is 16.8. The van der Waals surface area contributed by atoms with Gasteiger partial charge in [0.15, 0.2) is 0 Å². The van der Waals surface area contributed by atoms with E-state index >= 15 is 0 Å². The van der Waals surface area contributed by atoms with Crippen molar-refractivity contribution in [1.29, 1.82) is 0 Å². The van der Waals surface area contributed by atoms with Crippen LogP contribution < -0.4 is 5.73 Å². The highest BCUT2D eigenvalue weighted by molar-refractivity contribution is 5.18. The van der Waals surface area contributed by atoms with Crippen molar-refractivity contribution in [2.75, 3.05) is 13.2 Å². The van der Waals surface area contributed by atoms with Crippen LogP contribution in [0.25, 0.3) is 0 Å². The van der Waals surface area contributed by atoms with E-state index in [1.54, 1.807) is 6.26 Å². The Morgan fingerprint density at radius 2 is 2.56 bits per heavy atom. The van der Waals surface area contributed by atoms with Crippen molar-refractivity contribution in [3.05, 3.63) is 24.0 Å². The Balaban J connectivity index is 2.38. The number of allylic oxidation sites excluding steroid dienone is 1. The van der Waals surface area contributed by atoms with Crippen LogP contribution in [-0.2, 0) is 4.74 Å². The Morgan fingerprint density at radius 1 is 1.67 bits per heavy atom. The number of hydrogen-bond donors (Lipinski definition) is 1. The van der Waals surface area contributed by atoms with E-state index in [1.807, 2.05) is 6.08 Å². The van der Waals surface area contributed by atoms with Crippen molar-refractivity contribution >= 4 is 0 Å². The molecule has 0 fully saturated rings. The molecule has 0 aromatic rings. The first-order valence-electron chi connectivity index (χ1n) is 3.11. The standard InChI is InChI=1S/C7H11NO/c8-4-3-7-2-1-5-9-6-7/h1-2,6H,3-5,8H2. The van der Waals surface area contributed by atoms with Crippen molar-refractivity contribution < 1.29 is 4.74 Å². The molecule has 0 saturated carbocycles. The van der Waals surface area contributed by atoms with Gasteiger partial charge >= 0.3 is 0 Å². The van der Waals surface area contributed by atoms with Crippen LogP contribution in [0.1, 0.15) is 6.42 Å². The maximum atomic E-state index is 5.33. The zero-order chi connectivity index (χ0) is 6.53. The molecule has 0 amide bonds. The molecule has 0 atom stereocenters. The van der Waals surface area contributed by atoms with Gasteiger partial charge in [-0.15, -0.1) is 0 Å².